The van der Waals surface area contributed by atoms with Gasteiger partial charge in [0.25, 0.3) is 0 Å². The van der Waals surface area contributed by atoms with Gasteiger partial charge < -0.3 is 0 Å². The van der Waals surface area contributed by atoms with E-state index in [0.717, 1.165) is 6.26 Å². The van der Waals surface area contributed by atoms with Crippen LogP contribution in [0.1, 0.15) is 10.4 Å². The van der Waals surface area contributed by atoms with Crippen LogP contribution in [-0.2, 0) is 16.4 Å². The van der Waals surface area contributed by atoms with Gasteiger partial charge in [0, 0.05) is 18.0 Å². The first kappa shape index (κ1) is 15.8. The zero-order valence-corrected chi connectivity index (χ0v) is 13.5. The van der Waals surface area contributed by atoms with Crippen molar-refractivity contribution in [1.29, 1.82) is 0 Å². The largest absolute Gasteiger partial charge is 0.298 e. The van der Waals surface area contributed by atoms with E-state index in [1.807, 2.05) is 0 Å². The Labute approximate surface area is 129 Å². The number of hydrogen-bond donors (Lipinski definition) is 0. The number of aldehydes is 1. The van der Waals surface area contributed by atoms with Gasteiger partial charge >= 0.3 is 0 Å². The highest BCUT2D eigenvalue weighted by atomic mass is 79.9. The Morgan fingerprint density at radius 2 is 2.14 bits per heavy atom. The molecule has 1 heterocycles. The van der Waals surface area contributed by atoms with Crippen molar-refractivity contribution in [3.05, 3.63) is 40.2 Å². The summed E-state index contributed by atoms with van der Waals surface area (Å²) in [6.45, 7) is 0.138. The molecule has 0 N–H and O–H groups in total. The van der Waals surface area contributed by atoms with Crippen molar-refractivity contribution >= 4 is 32.1 Å². The van der Waals surface area contributed by atoms with Crippen LogP contribution >= 0.6 is 15.9 Å². The Morgan fingerprint density at radius 3 is 2.71 bits per heavy atom. The van der Waals surface area contributed by atoms with Crippen LogP contribution in [0.25, 0.3) is 11.3 Å². The third kappa shape index (κ3) is 3.98. The lowest BCUT2D eigenvalue weighted by molar-refractivity contribution is 0.112. The van der Waals surface area contributed by atoms with Crippen LogP contribution in [0.5, 0.6) is 0 Å². The summed E-state index contributed by atoms with van der Waals surface area (Å²) in [7, 11) is -3.12. The quantitative estimate of drug-likeness (QED) is 0.753. The molecule has 0 aliphatic heterocycles. The average molecular weight is 375 g/mol. The molecule has 21 heavy (non-hydrogen) atoms. The summed E-state index contributed by atoms with van der Waals surface area (Å²) in [4.78, 5) is 11.1. The molecule has 0 bridgehead atoms. The number of rotatable bonds is 5. The van der Waals surface area contributed by atoms with Crippen LogP contribution in [0.15, 0.2) is 28.9 Å². The van der Waals surface area contributed by atoms with Gasteiger partial charge in [0.05, 0.1) is 22.3 Å². The Balaban J connectivity index is 2.37. The molecule has 0 atom stereocenters. The smallest absolute Gasteiger partial charge is 0.153 e. The number of hydrogen-bond acceptors (Lipinski definition) is 4. The zero-order valence-electron chi connectivity index (χ0n) is 11.1. The summed E-state index contributed by atoms with van der Waals surface area (Å²) < 4.78 is 37.6. The Bertz CT molecular complexity index is 787. The van der Waals surface area contributed by atoms with Crippen molar-refractivity contribution in [3.63, 3.8) is 0 Å². The average Bonchev–Trinajstić information content (AvgIpc) is 2.82. The molecule has 2 rings (SSSR count). The maximum absolute atomic E-state index is 13.6. The van der Waals surface area contributed by atoms with Crippen molar-refractivity contribution in [2.24, 2.45) is 0 Å². The molecule has 0 spiro atoms. The highest BCUT2D eigenvalue weighted by Gasteiger charge is 2.13. The van der Waals surface area contributed by atoms with Crippen LogP contribution in [-0.4, -0.2) is 36.5 Å². The maximum Gasteiger partial charge on any atom is 0.153 e. The molecule has 0 unspecified atom stereocenters. The number of halogens is 2. The highest BCUT2D eigenvalue weighted by Crippen LogP contribution is 2.25. The number of carbonyl (C=O) groups excluding carboxylic acids is 1. The Hall–Kier alpha value is -1.54. The minimum absolute atomic E-state index is 0.0822. The molecule has 112 valence electrons. The lowest BCUT2D eigenvalue weighted by atomic mass is 10.1. The third-order valence-electron chi connectivity index (χ3n) is 2.80. The molecule has 8 heteroatoms. The monoisotopic (exact) mass is 374 g/mol. The lowest BCUT2D eigenvalue weighted by Crippen LogP contribution is -2.11. The fraction of sp³-hybridized carbons (Fsp3) is 0.231. The molecule has 0 aliphatic rings. The topological polar surface area (TPSA) is 69.0 Å². The van der Waals surface area contributed by atoms with E-state index in [2.05, 4.69) is 21.0 Å². The van der Waals surface area contributed by atoms with E-state index in [-0.39, 0.29) is 17.9 Å². The second-order valence-corrected chi connectivity index (χ2v) is 7.69. The first-order chi connectivity index (χ1) is 9.80. The second kappa shape index (κ2) is 6.07. The van der Waals surface area contributed by atoms with Gasteiger partial charge in [0.15, 0.2) is 6.29 Å². The van der Waals surface area contributed by atoms with Crippen LogP contribution in [0, 0.1) is 5.82 Å². The summed E-state index contributed by atoms with van der Waals surface area (Å²) in [5.74, 6) is -0.545. The molecule has 1 aromatic carbocycles. The molecule has 0 amide bonds. The van der Waals surface area contributed by atoms with Gasteiger partial charge in [0.1, 0.15) is 21.3 Å². The fourth-order valence-electron chi connectivity index (χ4n) is 1.76. The predicted molar refractivity (Wildman–Crippen MR) is 80.4 cm³/mol. The van der Waals surface area contributed by atoms with Gasteiger partial charge in [-0.1, -0.05) is 6.07 Å². The molecular weight excluding hydrogens is 363 g/mol. The summed E-state index contributed by atoms with van der Waals surface area (Å²) >= 11 is 3.05. The summed E-state index contributed by atoms with van der Waals surface area (Å²) in [6, 6.07) is 4.42. The van der Waals surface area contributed by atoms with Gasteiger partial charge in [-0.3, -0.25) is 9.48 Å². The first-order valence-electron chi connectivity index (χ1n) is 5.96. The lowest BCUT2D eigenvalue weighted by Gasteiger charge is -2.01. The number of nitrogens with zero attached hydrogens (tertiary/aromatic N) is 2. The number of aromatic nitrogens is 2. The molecule has 2 aromatic rings. The van der Waals surface area contributed by atoms with Crippen LogP contribution in [0.3, 0.4) is 0 Å². The van der Waals surface area contributed by atoms with Gasteiger partial charge in [-0.05, 0) is 28.1 Å². The highest BCUT2D eigenvalue weighted by molar-refractivity contribution is 9.10. The third-order valence-corrected chi connectivity index (χ3v) is 4.37. The van der Waals surface area contributed by atoms with Crippen LogP contribution in [0.4, 0.5) is 4.39 Å². The van der Waals surface area contributed by atoms with E-state index in [1.165, 1.54) is 23.0 Å². The Morgan fingerprint density at radius 1 is 1.43 bits per heavy atom. The van der Waals surface area contributed by atoms with E-state index in [0.29, 0.717) is 22.0 Å². The first-order valence-corrected chi connectivity index (χ1v) is 8.81. The Kier molecular flexibility index (Phi) is 4.58. The molecular formula is C13H12BrFN2O3S. The number of carbonyl (C=O) groups is 1. The molecule has 1 aromatic heterocycles. The van der Waals surface area contributed by atoms with Crippen molar-refractivity contribution in [3.8, 4) is 11.3 Å². The van der Waals surface area contributed by atoms with Crippen molar-refractivity contribution in [1.82, 2.24) is 9.78 Å². The predicted octanol–water partition coefficient (Wildman–Crippen LogP) is 2.31. The van der Waals surface area contributed by atoms with Crippen LogP contribution in [0.2, 0.25) is 0 Å². The molecule has 0 saturated heterocycles. The van der Waals surface area contributed by atoms with Gasteiger partial charge in [-0.25, -0.2) is 12.8 Å². The number of sulfone groups is 1. The van der Waals surface area contributed by atoms with Crippen molar-refractivity contribution < 1.29 is 17.6 Å². The van der Waals surface area contributed by atoms with Crippen LogP contribution < -0.4 is 0 Å². The number of benzene rings is 1. The summed E-state index contributed by atoms with van der Waals surface area (Å²) in [5, 5.41) is 4.16. The van der Waals surface area contributed by atoms with Crippen molar-refractivity contribution in [2.45, 2.75) is 6.54 Å². The minimum atomic E-state index is -3.12. The molecule has 0 radical (unpaired) electrons. The van der Waals surface area contributed by atoms with E-state index in [9.17, 15) is 17.6 Å². The SMILES string of the molecule is CS(=O)(=O)CCn1cc(C=O)c(-c2ccc(Br)c(F)c2)n1. The molecule has 0 saturated carbocycles. The van der Waals surface area contributed by atoms with Gasteiger partial charge in [0.2, 0.25) is 0 Å². The van der Waals surface area contributed by atoms with E-state index < -0.39 is 15.7 Å². The maximum atomic E-state index is 13.6. The molecule has 0 aliphatic carbocycles. The minimum Gasteiger partial charge on any atom is -0.298 e. The van der Waals surface area contributed by atoms with E-state index in [1.54, 1.807) is 6.07 Å². The summed E-state index contributed by atoms with van der Waals surface area (Å²) in [5.41, 5.74) is 1.06. The van der Waals surface area contributed by atoms with Crippen molar-refractivity contribution in [2.75, 3.05) is 12.0 Å². The van der Waals surface area contributed by atoms with E-state index in [4.69, 9.17) is 0 Å². The molecule has 0 fully saturated rings. The normalized spacial score (nSPS) is 11.6. The van der Waals surface area contributed by atoms with Gasteiger partial charge in [-0.15, -0.1) is 0 Å². The second-order valence-electron chi connectivity index (χ2n) is 4.57. The molecule has 5 nitrogen and oxygen atoms in total. The summed E-state index contributed by atoms with van der Waals surface area (Å²) in [6.07, 6.45) is 3.19. The van der Waals surface area contributed by atoms with Gasteiger partial charge in [-0.2, -0.15) is 5.10 Å². The van der Waals surface area contributed by atoms with E-state index >= 15 is 0 Å². The number of aryl methyl sites for hydroxylation is 1. The standard InChI is InChI=1S/C13H12BrFN2O3S/c1-21(19,20)5-4-17-7-10(8-18)13(16-17)9-2-3-11(14)12(15)6-9/h2-3,6-8H,4-5H2,1H3. The fourth-order valence-corrected chi connectivity index (χ4v) is 2.53. The zero-order chi connectivity index (χ0) is 15.6.